The number of benzene rings is 1. The Balaban J connectivity index is 1.92. The molecule has 0 aliphatic rings. The average Bonchev–Trinajstić information content (AvgIpc) is 2.54. The summed E-state index contributed by atoms with van der Waals surface area (Å²) >= 11 is 0. The van der Waals surface area contributed by atoms with Crippen molar-refractivity contribution in [2.75, 3.05) is 13.1 Å². The minimum absolute atomic E-state index is 0.140. The zero-order valence-corrected chi connectivity index (χ0v) is 12.1. The topological polar surface area (TPSA) is 59.2 Å². The standard InChI is InChI=1S/C17H21N3O/c18-10-13-20(14-16-4-2-1-3-5-16)17(21)7-6-15-8-11-19-12-9-15/h1-5,8-9,11-12H,6-7,10,13-14,18H2. The summed E-state index contributed by atoms with van der Waals surface area (Å²) in [4.78, 5) is 18.2. The number of nitrogens with two attached hydrogens (primary N) is 1. The third-order valence-corrected chi connectivity index (χ3v) is 3.34. The number of hydrogen-bond acceptors (Lipinski definition) is 3. The summed E-state index contributed by atoms with van der Waals surface area (Å²) in [6.07, 6.45) is 4.73. The summed E-state index contributed by atoms with van der Waals surface area (Å²) in [5, 5.41) is 0. The minimum atomic E-state index is 0.140. The zero-order valence-electron chi connectivity index (χ0n) is 12.1. The lowest BCUT2D eigenvalue weighted by Crippen LogP contribution is -2.35. The molecular weight excluding hydrogens is 262 g/mol. The van der Waals surface area contributed by atoms with Gasteiger partial charge >= 0.3 is 0 Å². The maximum Gasteiger partial charge on any atom is 0.223 e. The molecule has 0 fully saturated rings. The van der Waals surface area contributed by atoms with Crippen LogP contribution in [0.25, 0.3) is 0 Å². The molecule has 1 heterocycles. The fraction of sp³-hybridized carbons (Fsp3) is 0.294. The Morgan fingerprint density at radius 3 is 2.43 bits per heavy atom. The van der Waals surface area contributed by atoms with E-state index in [0.717, 1.165) is 17.5 Å². The molecule has 0 unspecified atom stereocenters. The Morgan fingerprint density at radius 2 is 1.76 bits per heavy atom. The van der Waals surface area contributed by atoms with Crippen LogP contribution in [0, 0.1) is 0 Å². The van der Waals surface area contributed by atoms with Crippen molar-refractivity contribution in [2.45, 2.75) is 19.4 Å². The van der Waals surface area contributed by atoms with Crippen molar-refractivity contribution in [3.63, 3.8) is 0 Å². The van der Waals surface area contributed by atoms with Gasteiger partial charge in [0.25, 0.3) is 0 Å². The van der Waals surface area contributed by atoms with E-state index in [1.54, 1.807) is 12.4 Å². The van der Waals surface area contributed by atoms with E-state index >= 15 is 0 Å². The van der Waals surface area contributed by atoms with Crippen LogP contribution in [0.5, 0.6) is 0 Å². The number of nitrogens with zero attached hydrogens (tertiary/aromatic N) is 2. The summed E-state index contributed by atoms with van der Waals surface area (Å²) < 4.78 is 0. The van der Waals surface area contributed by atoms with Crippen molar-refractivity contribution in [3.05, 3.63) is 66.0 Å². The number of carbonyl (C=O) groups excluding carboxylic acids is 1. The average molecular weight is 283 g/mol. The predicted octanol–water partition coefficient (Wildman–Crippen LogP) is 2.00. The SMILES string of the molecule is NCCN(Cc1ccccc1)C(=O)CCc1ccncc1. The summed E-state index contributed by atoms with van der Waals surface area (Å²) in [6.45, 7) is 1.69. The number of carbonyl (C=O) groups is 1. The second kappa shape index (κ2) is 8.17. The first-order chi connectivity index (χ1) is 10.3. The summed E-state index contributed by atoms with van der Waals surface area (Å²) in [6, 6.07) is 13.9. The van der Waals surface area contributed by atoms with Crippen LogP contribution in [0.15, 0.2) is 54.9 Å². The van der Waals surface area contributed by atoms with Crippen LogP contribution in [0.3, 0.4) is 0 Å². The van der Waals surface area contributed by atoms with Crippen LogP contribution < -0.4 is 5.73 Å². The first-order valence-electron chi connectivity index (χ1n) is 7.20. The molecule has 1 amide bonds. The Morgan fingerprint density at radius 1 is 1.05 bits per heavy atom. The zero-order chi connectivity index (χ0) is 14.9. The fourth-order valence-electron chi connectivity index (χ4n) is 2.21. The van der Waals surface area contributed by atoms with Gasteiger partial charge in [0.15, 0.2) is 0 Å². The van der Waals surface area contributed by atoms with E-state index < -0.39 is 0 Å². The molecule has 2 aromatic rings. The molecule has 0 aliphatic carbocycles. The number of aromatic nitrogens is 1. The molecule has 21 heavy (non-hydrogen) atoms. The predicted molar refractivity (Wildman–Crippen MR) is 83.5 cm³/mol. The van der Waals surface area contributed by atoms with E-state index in [9.17, 15) is 4.79 Å². The normalized spacial score (nSPS) is 10.3. The van der Waals surface area contributed by atoms with Crippen molar-refractivity contribution in [1.29, 1.82) is 0 Å². The van der Waals surface area contributed by atoms with Gasteiger partial charge in [0, 0.05) is 38.4 Å². The van der Waals surface area contributed by atoms with Gasteiger partial charge in [0.05, 0.1) is 0 Å². The summed E-state index contributed by atoms with van der Waals surface area (Å²) in [5.41, 5.74) is 7.88. The molecular formula is C17H21N3O. The summed E-state index contributed by atoms with van der Waals surface area (Å²) in [7, 11) is 0. The third-order valence-electron chi connectivity index (χ3n) is 3.34. The lowest BCUT2D eigenvalue weighted by molar-refractivity contribution is -0.131. The van der Waals surface area contributed by atoms with Gasteiger partial charge in [0.2, 0.25) is 5.91 Å². The molecule has 0 atom stereocenters. The van der Waals surface area contributed by atoms with Crippen molar-refractivity contribution in [2.24, 2.45) is 5.73 Å². The van der Waals surface area contributed by atoms with Gasteiger partial charge in [-0.1, -0.05) is 30.3 Å². The molecule has 0 aliphatic heterocycles. The van der Waals surface area contributed by atoms with Crippen LogP contribution in [0.4, 0.5) is 0 Å². The van der Waals surface area contributed by atoms with Crippen molar-refractivity contribution in [1.82, 2.24) is 9.88 Å². The van der Waals surface area contributed by atoms with E-state index in [4.69, 9.17) is 5.73 Å². The second-order valence-corrected chi connectivity index (χ2v) is 4.95. The molecule has 4 heteroatoms. The maximum absolute atomic E-state index is 12.4. The minimum Gasteiger partial charge on any atom is -0.337 e. The monoisotopic (exact) mass is 283 g/mol. The molecule has 110 valence electrons. The Hall–Kier alpha value is -2.20. The van der Waals surface area contributed by atoms with Crippen LogP contribution in [-0.4, -0.2) is 28.9 Å². The maximum atomic E-state index is 12.4. The van der Waals surface area contributed by atoms with Crippen molar-refractivity contribution in [3.8, 4) is 0 Å². The van der Waals surface area contributed by atoms with Crippen LogP contribution in [-0.2, 0) is 17.8 Å². The highest BCUT2D eigenvalue weighted by atomic mass is 16.2. The van der Waals surface area contributed by atoms with Crippen molar-refractivity contribution >= 4 is 5.91 Å². The molecule has 1 aromatic heterocycles. The lowest BCUT2D eigenvalue weighted by Gasteiger charge is -2.22. The lowest BCUT2D eigenvalue weighted by atomic mass is 10.1. The fourth-order valence-corrected chi connectivity index (χ4v) is 2.21. The van der Waals surface area contributed by atoms with Crippen molar-refractivity contribution < 1.29 is 4.79 Å². The highest BCUT2D eigenvalue weighted by molar-refractivity contribution is 5.76. The van der Waals surface area contributed by atoms with Crippen LogP contribution in [0.2, 0.25) is 0 Å². The molecule has 2 N–H and O–H groups in total. The molecule has 0 saturated carbocycles. The smallest absolute Gasteiger partial charge is 0.223 e. The summed E-state index contributed by atoms with van der Waals surface area (Å²) in [5.74, 6) is 0.140. The molecule has 4 nitrogen and oxygen atoms in total. The highest BCUT2D eigenvalue weighted by Crippen LogP contribution is 2.08. The first-order valence-corrected chi connectivity index (χ1v) is 7.20. The molecule has 0 radical (unpaired) electrons. The third kappa shape index (κ3) is 5.00. The molecule has 0 bridgehead atoms. The number of rotatable bonds is 7. The Bertz CT molecular complexity index is 542. The number of hydrogen-bond donors (Lipinski definition) is 1. The van der Waals surface area contributed by atoms with Gasteiger partial charge in [-0.05, 0) is 29.7 Å². The molecule has 0 spiro atoms. The van der Waals surface area contributed by atoms with Gasteiger partial charge in [-0.15, -0.1) is 0 Å². The first kappa shape index (κ1) is 15.2. The number of aryl methyl sites for hydroxylation is 1. The van der Waals surface area contributed by atoms with Gasteiger partial charge in [-0.25, -0.2) is 0 Å². The van der Waals surface area contributed by atoms with Gasteiger partial charge < -0.3 is 10.6 Å². The van der Waals surface area contributed by atoms with Gasteiger partial charge in [-0.3, -0.25) is 9.78 Å². The second-order valence-electron chi connectivity index (χ2n) is 4.95. The number of pyridine rings is 1. The number of amides is 1. The largest absolute Gasteiger partial charge is 0.337 e. The van der Waals surface area contributed by atoms with Crippen LogP contribution >= 0.6 is 0 Å². The van der Waals surface area contributed by atoms with E-state index in [1.807, 2.05) is 47.4 Å². The molecule has 2 rings (SSSR count). The van der Waals surface area contributed by atoms with E-state index in [2.05, 4.69) is 4.98 Å². The molecule has 0 saturated heterocycles. The van der Waals surface area contributed by atoms with Crippen LogP contribution in [0.1, 0.15) is 17.5 Å². The Kier molecular flexibility index (Phi) is 5.91. The van der Waals surface area contributed by atoms with Gasteiger partial charge in [-0.2, -0.15) is 0 Å². The van der Waals surface area contributed by atoms with Gasteiger partial charge in [0.1, 0.15) is 0 Å². The van der Waals surface area contributed by atoms with E-state index in [0.29, 0.717) is 26.1 Å². The van der Waals surface area contributed by atoms with E-state index in [-0.39, 0.29) is 5.91 Å². The highest BCUT2D eigenvalue weighted by Gasteiger charge is 2.13. The van der Waals surface area contributed by atoms with E-state index in [1.165, 1.54) is 0 Å². The quantitative estimate of drug-likeness (QED) is 0.845. The molecule has 1 aromatic carbocycles. The Labute approximate surface area is 125 Å².